The highest BCUT2D eigenvalue weighted by atomic mass is 16.5. The van der Waals surface area contributed by atoms with Crippen LogP contribution in [0.15, 0.2) is 73.1 Å². The van der Waals surface area contributed by atoms with Gasteiger partial charge in [0, 0.05) is 42.3 Å². The first-order chi connectivity index (χ1) is 19.0. The number of nitrogens with one attached hydrogen (secondary N) is 3. The third-order valence-electron chi connectivity index (χ3n) is 7.97. The largest absolute Gasteiger partial charge is 0.497 e. The summed E-state index contributed by atoms with van der Waals surface area (Å²) in [4.78, 5) is 24.7. The summed E-state index contributed by atoms with van der Waals surface area (Å²) in [6.45, 7) is 1.84. The molecule has 0 bridgehead atoms. The third kappa shape index (κ3) is 5.09. The molecular weight excluding hydrogens is 490 g/mol. The molecule has 2 aromatic heterocycles. The van der Waals surface area contributed by atoms with E-state index < -0.39 is 5.54 Å². The molecule has 1 saturated heterocycles. The second-order valence-electron chi connectivity index (χ2n) is 10.6. The number of rotatable bonds is 8. The molecule has 200 valence electrons. The number of likely N-dealkylation sites (tertiary alicyclic amines) is 1. The average Bonchev–Trinajstić information content (AvgIpc) is 3.58. The Morgan fingerprint density at radius 1 is 0.974 bits per heavy atom. The van der Waals surface area contributed by atoms with Gasteiger partial charge in [0.25, 0.3) is 5.91 Å². The number of piperidine rings is 1. The molecular formula is C30H33N7O2. The Hall–Kier alpha value is -4.24. The third-order valence-corrected chi connectivity index (χ3v) is 7.97. The molecule has 3 N–H and O–H groups in total. The number of carbonyl (C=O) groups excluding carboxylic acids is 1. The highest BCUT2D eigenvalue weighted by Crippen LogP contribution is 2.46. The fourth-order valence-corrected chi connectivity index (χ4v) is 5.35. The Morgan fingerprint density at radius 3 is 2.41 bits per heavy atom. The first kappa shape index (κ1) is 25.1. The summed E-state index contributed by atoms with van der Waals surface area (Å²) in [5, 5.41) is 14.7. The molecule has 39 heavy (non-hydrogen) atoms. The second-order valence-corrected chi connectivity index (χ2v) is 10.6. The lowest BCUT2D eigenvalue weighted by molar-refractivity contribution is 0.0931. The van der Waals surface area contributed by atoms with E-state index in [9.17, 15) is 4.79 Å². The Labute approximate surface area is 228 Å². The van der Waals surface area contributed by atoms with Crippen molar-refractivity contribution < 1.29 is 9.53 Å². The van der Waals surface area contributed by atoms with Crippen LogP contribution >= 0.6 is 0 Å². The molecule has 2 fully saturated rings. The van der Waals surface area contributed by atoms with Crippen molar-refractivity contribution in [2.45, 2.75) is 36.8 Å². The fraction of sp³-hybridized carbons (Fsp3) is 0.333. The number of ether oxygens (including phenoxy) is 1. The van der Waals surface area contributed by atoms with Crippen molar-refractivity contribution in [2.24, 2.45) is 0 Å². The molecule has 2 aliphatic rings. The normalized spacial score (nSPS) is 17.8. The zero-order valence-corrected chi connectivity index (χ0v) is 22.3. The van der Waals surface area contributed by atoms with Crippen LogP contribution in [0.4, 0.5) is 5.69 Å². The van der Waals surface area contributed by atoms with E-state index in [-0.39, 0.29) is 11.4 Å². The van der Waals surface area contributed by atoms with E-state index in [1.54, 1.807) is 19.5 Å². The number of H-pyrrole nitrogens is 1. The lowest BCUT2D eigenvalue weighted by Crippen LogP contribution is -2.46. The van der Waals surface area contributed by atoms with Gasteiger partial charge in [-0.1, -0.05) is 18.2 Å². The van der Waals surface area contributed by atoms with Crippen molar-refractivity contribution in [3.63, 3.8) is 0 Å². The number of hydrogen-bond acceptors (Lipinski definition) is 7. The van der Waals surface area contributed by atoms with Gasteiger partial charge in [-0.15, -0.1) is 0 Å². The van der Waals surface area contributed by atoms with Crippen molar-refractivity contribution in [3.05, 3.63) is 90.0 Å². The summed E-state index contributed by atoms with van der Waals surface area (Å²) in [6.07, 6.45) is 7.03. The minimum atomic E-state index is -0.430. The van der Waals surface area contributed by atoms with Crippen LogP contribution in [0, 0.1) is 0 Å². The lowest BCUT2D eigenvalue weighted by Gasteiger charge is -2.40. The Bertz CT molecular complexity index is 1440. The summed E-state index contributed by atoms with van der Waals surface area (Å²) < 4.78 is 5.29. The van der Waals surface area contributed by atoms with Crippen molar-refractivity contribution in [1.29, 1.82) is 0 Å². The number of hydrogen-bond donors (Lipinski definition) is 3. The molecule has 0 radical (unpaired) electrons. The van der Waals surface area contributed by atoms with Crippen LogP contribution in [0.3, 0.4) is 0 Å². The maximum Gasteiger partial charge on any atom is 0.252 e. The smallest absolute Gasteiger partial charge is 0.252 e. The number of nitrogens with zero attached hydrogens (tertiary/aromatic N) is 4. The number of amides is 1. The maximum absolute atomic E-state index is 13.4. The topological polar surface area (TPSA) is 108 Å². The maximum atomic E-state index is 13.4. The van der Waals surface area contributed by atoms with Gasteiger partial charge in [-0.2, -0.15) is 5.10 Å². The van der Waals surface area contributed by atoms with Crippen LogP contribution in [0.1, 0.15) is 47.4 Å². The Kier molecular flexibility index (Phi) is 6.52. The number of carbonyl (C=O) groups is 1. The lowest BCUT2D eigenvalue weighted by atomic mass is 9.86. The molecule has 0 atom stereocenters. The first-order valence-corrected chi connectivity index (χ1v) is 13.4. The molecule has 1 aliphatic carbocycles. The van der Waals surface area contributed by atoms with Gasteiger partial charge in [0.2, 0.25) is 0 Å². The fourth-order valence-electron chi connectivity index (χ4n) is 5.35. The highest BCUT2D eigenvalue weighted by Gasteiger charge is 2.46. The summed E-state index contributed by atoms with van der Waals surface area (Å²) >= 11 is 0. The van der Waals surface area contributed by atoms with E-state index in [4.69, 9.17) is 9.72 Å². The molecule has 9 heteroatoms. The highest BCUT2D eigenvalue weighted by molar-refractivity contribution is 5.96. The molecule has 3 heterocycles. The molecule has 2 aromatic carbocycles. The van der Waals surface area contributed by atoms with Crippen molar-refractivity contribution in [1.82, 2.24) is 30.4 Å². The van der Waals surface area contributed by atoms with Crippen molar-refractivity contribution >= 4 is 11.6 Å². The van der Waals surface area contributed by atoms with Crippen LogP contribution in [0.25, 0.3) is 11.4 Å². The summed E-state index contributed by atoms with van der Waals surface area (Å²) in [5.74, 6) is 2.17. The standard InChI is InChI=1S/C30H33N7O2/c1-37-18-14-30(15-19-37,28-32-26(35-36-28)21-10-16-31-17-11-21)33-24-5-3-4-22(20-24)27(38)34-29(12-13-29)23-6-8-25(39-2)9-7-23/h3-11,16-17,20,33H,12-15,18-19H2,1-2H3,(H,34,38)(H,32,35,36). The predicted molar refractivity (Wildman–Crippen MR) is 149 cm³/mol. The van der Waals surface area contributed by atoms with Gasteiger partial charge in [0.15, 0.2) is 11.6 Å². The molecule has 1 aliphatic heterocycles. The van der Waals surface area contributed by atoms with Gasteiger partial charge in [-0.05, 0) is 80.8 Å². The summed E-state index contributed by atoms with van der Waals surface area (Å²) in [7, 11) is 3.79. The molecule has 0 spiro atoms. The minimum absolute atomic E-state index is 0.0796. The molecule has 1 saturated carbocycles. The predicted octanol–water partition coefficient (Wildman–Crippen LogP) is 4.33. The molecule has 9 nitrogen and oxygen atoms in total. The van der Waals surface area contributed by atoms with Crippen LogP contribution in [0.5, 0.6) is 5.75 Å². The molecule has 6 rings (SSSR count). The van der Waals surface area contributed by atoms with E-state index in [2.05, 4.69) is 37.8 Å². The van der Waals surface area contributed by atoms with E-state index >= 15 is 0 Å². The minimum Gasteiger partial charge on any atom is -0.497 e. The monoisotopic (exact) mass is 523 g/mol. The van der Waals surface area contributed by atoms with Crippen molar-refractivity contribution in [3.8, 4) is 17.1 Å². The SMILES string of the molecule is COc1ccc(C2(NC(=O)c3cccc(NC4(c5nc(-c6ccncc6)n[nH]5)CCN(C)CC4)c3)CC2)cc1. The zero-order chi connectivity index (χ0) is 26.9. The van der Waals surface area contributed by atoms with Crippen LogP contribution < -0.4 is 15.4 Å². The molecule has 0 unspecified atom stereocenters. The van der Waals surface area contributed by atoms with Crippen molar-refractivity contribution in [2.75, 3.05) is 32.6 Å². The Balaban J connectivity index is 1.23. The van der Waals surface area contributed by atoms with E-state index in [1.807, 2.05) is 60.7 Å². The number of benzene rings is 2. The average molecular weight is 524 g/mol. The van der Waals surface area contributed by atoms with Gasteiger partial charge in [0.1, 0.15) is 5.75 Å². The summed E-state index contributed by atoms with van der Waals surface area (Å²) in [6, 6.07) is 19.5. The van der Waals surface area contributed by atoms with Crippen LogP contribution in [-0.4, -0.2) is 58.2 Å². The number of aromatic amines is 1. The van der Waals surface area contributed by atoms with Gasteiger partial charge in [-0.3, -0.25) is 14.9 Å². The number of methoxy groups -OCH3 is 1. The molecule has 4 aromatic rings. The van der Waals surface area contributed by atoms with E-state index in [0.29, 0.717) is 11.4 Å². The van der Waals surface area contributed by atoms with Gasteiger partial charge in [-0.25, -0.2) is 4.98 Å². The van der Waals surface area contributed by atoms with Gasteiger partial charge >= 0.3 is 0 Å². The second kappa shape index (κ2) is 10.1. The Morgan fingerprint density at radius 2 is 1.72 bits per heavy atom. The van der Waals surface area contributed by atoms with Gasteiger partial charge < -0.3 is 20.3 Å². The van der Waals surface area contributed by atoms with E-state index in [0.717, 1.165) is 67.2 Å². The van der Waals surface area contributed by atoms with Crippen LogP contribution in [0.2, 0.25) is 0 Å². The molecule has 1 amide bonds. The quantitative estimate of drug-likeness (QED) is 0.316. The van der Waals surface area contributed by atoms with Gasteiger partial charge in [0.05, 0.1) is 18.2 Å². The number of pyridine rings is 1. The zero-order valence-electron chi connectivity index (χ0n) is 22.3. The number of aromatic nitrogens is 4. The summed E-state index contributed by atoms with van der Waals surface area (Å²) in [5.41, 5.74) is 2.78. The number of anilines is 1. The van der Waals surface area contributed by atoms with Crippen LogP contribution in [-0.2, 0) is 11.1 Å². The first-order valence-electron chi connectivity index (χ1n) is 13.4. The van der Waals surface area contributed by atoms with E-state index in [1.165, 1.54) is 0 Å².